The SMILES string of the molecule is CCO[Si](CC)(CC)COCC1CO1. The summed E-state index contributed by atoms with van der Waals surface area (Å²) in [6, 6.07) is 2.28. The first-order chi connectivity index (χ1) is 6.76. The van der Waals surface area contributed by atoms with Crippen molar-refractivity contribution in [3.05, 3.63) is 0 Å². The Bertz CT molecular complexity index is 155. The van der Waals surface area contributed by atoms with Crippen molar-refractivity contribution in [1.29, 1.82) is 0 Å². The molecule has 0 N–H and O–H groups in total. The molecule has 1 saturated heterocycles. The summed E-state index contributed by atoms with van der Waals surface area (Å²) in [5, 5.41) is 0. The van der Waals surface area contributed by atoms with Crippen LogP contribution in [-0.4, -0.2) is 40.5 Å². The maximum Gasteiger partial charge on any atom is 0.217 e. The highest BCUT2D eigenvalue weighted by atomic mass is 28.4. The Morgan fingerprint density at radius 1 is 1.29 bits per heavy atom. The molecule has 1 aliphatic heterocycles. The van der Waals surface area contributed by atoms with Gasteiger partial charge in [-0.15, -0.1) is 0 Å². The summed E-state index contributed by atoms with van der Waals surface area (Å²) in [6.07, 6.45) is 1.20. The maximum atomic E-state index is 5.90. The molecule has 0 aromatic heterocycles. The highest BCUT2D eigenvalue weighted by Gasteiger charge is 2.32. The standard InChI is InChI=1S/C10H22O3Si/c1-4-13-14(5-2,6-3)9-11-7-10-8-12-10/h10H,4-9H2,1-3H3. The third-order valence-corrected chi connectivity index (χ3v) is 7.02. The van der Waals surface area contributed by atoms with E-state index in [4.69, 9.17) is 13.9 Å². The molecule has 3 nitrogen and oxygen atoms in total. The van der Waals surface area contributed by atoms with Crippen LogP contribution in [0.5, 0.6) is 0 Å². The molecule has 0 aromatic rings. The second-order valence-electron chi connectivity index (χ2n) is 3.79. The van der Waals surface area contributed by atoms with Gasteiger partial charge in [0.1, 0.15) is 6.10 Å². The van der Waals surface area contributed by atoms with E-state index in [-0.39, 0.29) is 0 Å². The molecule has 0 radical (unpaired) electrons. The van der Waals surface area contributed by atoms with Gasteiger partial charge in [0.2, 0.25) is 8.32 Å². The molecule has 1 heterocycles. The first-order valence-corrected chi connectivity index (χ1v) is 8.12. The van der Waals surface area contributed by atoms with Crippen molar-refractivity contribution in [2.45, 2.75) is 39.0 Å². The quantitative estimate of drug-likeness (QED) is 0.461. The monoisotopic (exact) mass is 218 g/mol. The predicted molar refractivity (Wildman–Crippen MR) is 58.9 cm³/mol. The average Bonchev–Trinajstić information content (AvgIpc) is 3.00. The molecule has 0 amide bonds. The highest BCUT2D eigenvalue weighted by molar-refractivity contribution is 6.73. The molecule has 14 heavy (non-hydrogen) atoms. The van der Waals surface area contributed by atoms with E-state index < -0.39 is 8.32 Å². The van der Waals surface area contributed by atoms with Crippen LogP contribution in [0, 0.1) is 0 Å². The second kappa shape index (κ2) is 5.85. The minimum atomic E-state index is -1.56. The van der Waals surface area contributed by atoms with Gasteiger partial charge in [-0.1, -0.05) is 13.8 Å². The van der Waals surface area contributed by atoms with E-state index in [0.29, 0.717) is 6.10 Å². The molecule has 84 valence electrons. The van der Waals surface area contributed by atoms with Gasteiger partial charge in [-0.05, 0) is 19.0 Å². The molecule has 1 rings (SSSR count). The minimum Gasteiger partial charge on any atom is -0.415 e. The summed E-state index contributed by atoms with van der Waals surface area (Å²) < 4.78 is 16.7. The van der Waals surface area contributed by atoms with Crippen LogP contribution in [0.2, 0.25) is 12.1 Å². The first kappa shape index (κ1) is 12.2. The van der Waals surface area contributed by atoms with E-state index in [1.54, 1.807) is 0 Å². The number of hydrogen-bond donors (Lipinski definition) is 0. The van der Waals surface area contributed by atoms with Gasteiger partial charge in [0.25, 0.3) is 0 Å². The minimum absolute atomic E-state index is 0.372. The third kappa shape index (κ3) is 3.69. The zero-order chi connectivity index (χ0) is 10.4. The van der Waals surface area contributed by atoms with E-state index in [1.165, 1.54) is 0 Å². The molecule has 0 spiro atoms. The van der Waals surface area contributed by atoms with Crippen LogP contribution in [0.25, 0.3) is 0 Å². The van der Waals surface area contributed by atoms with Crippen LogP contribution in [0.4, 0.5) is 0 Å². The summed E-state index contributed by atoms with van der Waals surface area (Å²) in [4.78, 5) is 0. The molecule has 1 atom stereocenters. The lowest BCUT2D eigenvalue weighted by Crippen LogP contribution is -2.43. The van der Waals surface area contributed by atoms with Crippen LogP contribution in [0.3, 0.4) is 0 Å². The van der Waals surface area contributed by atoms with Gasteiger partial charge in [0, 0.05) is 6.61 Å². The van der Waals surface area contributed by atoms with E-state index >= 15 is 0 Å². The van der Waals surface area contributed by atoms with Gasteiger partial charge in [-0.2, -0.15) is 0 Å². The van der Waals surface area contributed by atoms with Gasteiger partial charge < -0.3 is 13.9 Å². The zero-order valence-electron chi connectivity index (χ0n) is 9.54. The maximum absolute atomic E-state index is 5.90. The summed E-state index contributed by atoms with van der Waals surface area (Å²) >= 11 is 0. The smallest absolute Gasteiger partial charge is 0.217 e. The predicted octanol–water partition coefficient (Wildman–Crippen LogP) is 1.96. The third-order valence-electron chi connectivity index (χ3n) is 2.81. The summed E-state index contributed by atoms with van der Waals surface area (Å²) in [5.74, 6) is 0. The average molecular weight is 218 g/mol. The normalized spacial score (nSPS) is 21.2. The van der Waals surface area contributed by atoms with E-state index in [0.717, 1.165) is 38.1 Å². The summed E-state index contributed by atoms with van der Waals surface area (Å²) in [5.41, 5.74) is 0. The first-order valence-electron chi connectivity index (χ1n) is 5.59. The molecule has 1 fully saturated rings. The Labute approximate surface area is 87.9 Å². The Balaban J connectivity index is 2.23. The zero-order valence-corrected chi connectivity index (χ0v) is 10.5. The van der Waals surface area contributed by atoms with Crippen LogP contribution in [0.15, 0.2) is 0 Å². The Morgan fingerprint density at radius 3 is 2.36 bits per heavy atom. The van der Waals surface area contributed by atoms with E-state index in [1.807, 2.05) is 0 Å². The Morgan fingerprint density at radius 2 is 1.93 bits per heavy atom. The van der Waals surface area contributed by atoms with Gasteiger partial charge in [-0.25, -0.2) is 0 Å². The molecule has 0 saturated carbocycles. The lowest BCUT2D eigenvalue weighted by molar-refractivity contribution is 0.134. The van der Waals surface area contributed by atoms with Crippen molar-refractivity contribution >= 4 is 8.32 Å². The van der Waals surface area contributed by atoms with Crippen LogP contribution in [-0.2, 0) is 13.9 Å². The van der Waals surface area contributed by atoms with Crippen molar-refractivity contribution in [3.63, 3.8) is 0 Å². The fourth-order valence-electron chi connectivity index (χ4n) is 1.55. The fraction of sp³-hybridized carbons (Fsp3) is 1.00. The van der Waals surface area contributed by atoms with E-state index in [2.05, 4.69) is 20.8 Å². The molecular weight excluding hydrogens is 196 g/mol. The fourth-order valence-corrected chi connectivity index (χ4v) is 4.05. The van der Waals surface area contributed by atoms with Crippen molar-refractivity contribution in [3.8, 4) is 0 Å². The van der Waals surface area contributed by atoms with Crippen LogP contribution in [0.1, 0.15) is 20.8 Å². The van der Waals surface area contributed by atoms with Crippen LogP contribution < -0.4 is 0 Å². The molecule has 1 unspecified atom stereocenters. The topological polar surface area (TPSA) is 31.0 Å². The molecular formula is C10H22O3Si. The van der Waals surface area contributed by atoms with Crippen molar-refractivity contribution < 1.29 is 13.9 Å². The largest absolute Gasteiger partial charge is 0.415 e. The number of ether oxygens (including phenoxy) is 2. The van der Waals surface area contributed by atoms with Crippen molar-refractivity contribution in [2.75, 3.05) is 26.1 Å². The van der Waals surface area contributed by atoms with E-state index in [9.17, 15) is 0 Å². The highest BCUT2D eigenvalue weighted by Crippen LogP contribution is 2.18. The van der Waals surface area contributed by atoms with Crippen LogP contribution >= 0.6 is 0 Å². The molecule has 0 bridgehead atoms. The lowest BCUT2D eigenvalue weighted by atomic mass is 10.5. The van der Waals surface area contributed by atoms with Gasteiger partial charge in [0.15, 0.2) is 0 Å². The van der Waals surface area contributed by atoms with Gasteiger partial charge in [-0.3, -0.25) is 0 Å². The van der Waals surface area contributed by atoms with Gasteiger partial charge in [0.05, 0.1) is 19.4 Å². The molecule has 0 aliphatic carbocycles. The number of epoxide rings is 1. The second-order valence-corrected chi connectivity index (χ2v) is 8.15. The molecule has 0 aromatic carbocycles. The summed E-state index contributed by atoms with van der Waals surface area (Å²) in [6.45, 7) is 8.93. The van der Waals surface area contributed by atoms with Gasteiger partial charge >= 0.3 is 0 Å². The Kier molecular flexibility index (Phi) is 5.09. The lowest BCUT2D eigenvalue weighted by Gasteiger charge is -2.28. The Hall–Kier alpha value is 0.0969. The molecule has 4 heteroatoms. The number of hydrogen-bond acceptors (Lipinski definition) is 3. The van der Waals surface area contributed by atoms with Crippen molar-refractivity contribution in [1.82, 2.24) is 0 Å². The van der Waals surface area contributed by atoms with Crippen molar-refractivity contribution in [2.24, 2.45) is 0 Å². The molecule has 1 aliphatic rings. The number of rotatable bonds is 8. The summed E-state index contributed by atoms with van der Waals surface area (Å²) in [7, 11) is -1.56.